The molecule has 0 aliphatic heterocycles. The first kappa shape index (κ1) is 13.7. The van der Waals surface area contributed by atoms with Gasteiger partial charge in [0.2, 0.25) is 0 Å². The molecule has 0 heterocycles. The highest BCUT2D eigenvalue weighted by Gasteiger charge is 2.33. The van der Waals surface area contributed by atoms with Crippen molar-refractivity contribution in [1.29, 1.82) is 0 Å². The number of hydrogen-bond donors (Lipinski definition) is 0. The molecule has 0 aliphatic rings. The number of hydrogen-bond acceptors (Lipinski definition) is 1. The van der Waals surface area contributed by atoms with Gasteiger partial charge in [0.25, 0.3) is 0 Å². The minimum atomic E-state index is -4.41. The summed E-state index contributed by atoms with van der Waals surface area (Å²) in [6.45, 7) is 0. The Balaban J connectivity index is 3.05. The minimum absolute atomic E-state index is 0.111. The van der Waals surface area contributed by atoms with Crippen LogP contribution in [-0.2, 0) is 6.18 Å². The van der Waals surface area contributed by atoms with Crippen LogP contribution in [0, 0.1) is 0 Å². The van der Waals surface area contributed by atoms with Crippen LogP contribution >= 0.6 is 31.9 Å². The summed E-state index contributed by atoms with van der Waals surface area (Å²) in [6, 6.07) is 3.30. The zero-order chi connectivity index (χ0) is 12.3. The Labute approximate surface area is 107 Å². The number of Topliss-reactive ketones (excluding diaryl/α,β-unsaturated/α-hetero) is 1. The summed E-state index contributed by atoms with van der Waals surface area (Å²) in [4.78, 5) is 11.4. The first-order valence-corrected chi connectivity index (χ1v) is 6.23. The third-order valence-corrected chi connectivity index (χ3v) is 2.97. The van der Waals surface area contributed by atoms with Crippen molar-refractivity contribution in [3.63, 3.8) is 0 Å². The lowest BCUT2D eigenvalue weighted by Gasteiger charge is -2.09. The van der Waals surface area contributed by atoms with Crippen LogP contribution in [0.15, 0.2) is 22.7 Å². The van der Waals surface area contributed by atoms with Crippen LogP contribution in [0.4, 0.5) is 13.2 Å². The van der Waals surface area contributed by atoms with Gasteiger partial charge in [-0.2, -0.15) is 13.2 Å². The van der Waals surface area contributed by atoms with Gasteiger partial charge >= 0.3 is 6.18 Å². The highest BCUT2D eigenvalue weighted by atomic mass is 79.9. The number of carbonyl (C=O) groups excluding carboxylic acids is 1. The SMILES string of the molecule is O=C(CCBr)c1ccc(C(F)(F)F)c(Br)c1. The predicted octanol–water partition coefficient (Wildman–Crippen LogP) is 4.44. The van der Waals surface area contributed by atoms with E-state index in [2.05, 4.69) is 31.9 Å². The third-order valence-electron chi connectivity index (χ3n) is 1.92. The second-order valence-corrected chi connectivity index (χ2v) is 4.70. The number of alkyl halides is 4. The predicted molar refractivity (Wildman–Crippen MR) is 61.9 cm³/mol. The molecule has 0 fully saturated rings. The zero-order valence-electron chi connectivity index (χ0n) is 7.94. The molecule has 0 spiro atoms. The minimum Gasteiger partial charge on any atom is -0.294 e. The highest BCUT2D eigenvalue weighted by molar-refractivity contribution is 9.10. The van der Waals surface area contributed by atoms with E-state index in [4.69, 9.17) is 0 Å². The molecule has 16 heavy (non-hydrogen) atoms. The first-order valence-electron chi connectivity index (χ1n) is 4.32. The normalized spacial score (nSPS) is 11.6. The molecule has 1 aromatic rings. The molecule has 1 nitrogen and oxygen atoms in total. The van der Waals surface area contributed by atoms with E-state index in [1.165, 1.54) is 12.1 Å². The molecule has 0 saturated carbocycles. The number of benzene rings is 1. The fraction of sp³-hybridized carbons (Fsp3) is 0.300. The smallest absolute Gasteiger partial charge is 0.294 e. The van der Waals surface area contributed by atoms with Crippen molar-refractivity contribution in [1.82, 2.24) is 0 Å². The molecule has 0 unspecified atom stereocenters. The Morgan fingerprint density at radius 2 is 1.94 bits per heavy atom. The summed E-state index contributed by atoms with van der Waals surface area (Å²) < 4.78 is 37.1. The van der Waals surface area contributed by atoms with Gasteiger partial charge < -0.3 is 0 Å². The Morgan fingerprint density at radius 1 is 1.31 bits per heavy atom. The van der Waals surface area contributed by atoms with E-state index in [9.17, 15) is 18.0 Å². The maximum absolute atomic E-state index is 12.4. The maximum atomic E-state index is 12.4. The molecule has 0 bridgehead atoms. The van der Waals surface area contributed by atoms with Crippen LogP contribution < -0.4 is 0 Å². The van der Waals surface area contributed by atoms with Crippen molar-refractivity contribution in [2.75, 3.05) is 5.33 Å². The Hall–Kier alpha value is -0.360. The van der Waals surface area contributed by atoms with E-state index in [0.717, 1.165) is 6.07 Å². The van der Waals surface area contributed by atoms with Crippen molar-refractivity contribution >= 4 is 37.6 Å². The maximum Gasteiger partial charge on any atom is 0.417 e. The molecule has 88 valence electrons. The van der Waals surface area contributed by atoms with E-state index in [0.29, 0.717) is 5.33 Å². The van der Waals surface area contributed by atoms with E-state index in [1.54, 1.807) is 0 Å². The second kappa shape index (κ2) is 5.31. The number of ketones is 1. The molecular formula is C10H7Br2F3O. The number of carbonyl (C=O) groups is 1. The van der Waals surface area contributed by atoms with Crippen molar-refractivity contribution in [3.8, 4) is 0 Å². The molecule has 0 amide bonds. The lowest BCUT2D eigenvalue weighted by Crippen LogP contribution is -2.07. The molecule has 0 atom stereocenters. The fourth-order valence-corrected chi connectivity index (χ4v) is 2.11. The topological polar surface area (TPSA) is 17.1 Å². The second-order valence-electron chi connectivity index (χ2n) is 3.05. The van der Waals surface area contributed by atoms with Crippen molar-refractivity contribution in [2.45, 2.75) is 12.6 Å². The van der Waals surface area contributed by atoms with Crippen LogP contribution in [0.2, 0.25) is 0 Å². The lowest BCUT2D eigenvalue weighted by molar-refractivity contribution is -0.138. The fourth-order valence-electron chi connectivity index (χ4n) is 1.15. The van der Waals surface area contributed by atoms with E-state index in [-0.39, 0.29) is 22.2 Å². The summed E-state index contributed by atoms with van der Waals surface area (Å²) in [5.74, 6) is -0.189. The van der Waals surface area contributed by atoms with Gasteiger partial charge in [-0.1, -0.05) is 37.9 Å². The number of halogens is 5. The van der Waals surface area contributed by atoms with E-state index >= 15 is 0 Å². The molecule has 0 radical (unpaired) electrons. The molecule has 6 heteroatoms. The van der Waals surface area contributed by atoms with Gasteiger partial charge in [-0.05, 0) is 12.1 Å². The third kappa shape index (κ3) is 3.31. The Bertz CT molecular complexity index is 402. The summed E-state index contributed by atoms with van der Waals surface area (Å²) >= 11 is 5.92. The first-order chi connectivity index (χ1) is 7.36. The summed E-state index contributed by atoms with van der Waals surface area (Å²) in [6.07, 6.45) is -4.15. The largest absolute Gasteiger partial charge is 0.417 e. The molecule has 0 N–H and O–H groups in total. The van der Waals surface area contributed by atoms with Crippen LogP contribution in [0.1, 0.15) is 22.3 Å². The molecule has 0 aliphatic carbocycles. The standard InChI is InChI=1S/C10H7Br2F3O/c11-4-3-9(16)6-1-2-7(8(12)5-6)10(13,14)15/h1-2,5H,3-4H2. The van der Waals surface area contributed by atoms with Gasteiger partial charge in [-0.15, -0.1) is 0 Å². The van der Waals surface area contributed by atoms with Crippen LogP contribution in [0.25, 0.3) is 0 Å². The summed E-state index contributed by atoms with van der Waals surface area (Å²) in [5, 5.41) is 0.491. The van der Waals surface area contributed by atoms with Gasteiger partial charge in [0.15, 0.2) is 5.78 Å². The monoisotopic (exact) mass is 358 g/mol. The van der Waals surface area contributed by atoms with Gasteiger partial charge in [0.05, 0.1) is 5.56 Å². The zero-order valence-corrected chi connectivity index (χ0v) is 11.1. The molecule has 0 saturated heterocycles. The summed E-state index contributed by atoms with van der Waals surface area (Å²) in [5.41, 5.74) is -0.498. The quantitative estimate of drug-likeness (QED) is 0.576. The van der Waals surface area contributed by atoms with Crippen LogP contribution in [0.5, 0.6) is 0 Å². The van der Waals surface area contributed by atoms with E-state index < -0.39 is 11.7 Å². The number of rotatable bonds is 3. The van der Waals surface area contributed by atoms with Crippen LogP contribution in [0.3, 0.4) is 0 Å². The highest BCUT2D eigenvalue weighted by Crippen LogP contribution is 2.35. The molecule has 1 aromatic carbocycles. The van der Waals surface area contributed by atoms with Crippen molar-refractivity contribution in [2.24, 2.45) is 0 Å². The Morgan fingerprint density at radius 3 is 2.38 bits per heavy atom. The molecule has 0 aromatic heterocycles. The molecule has 1 rings (SSSR count). The van der Waals surface area contributed by atoms with Gasteiger partial charge in [0.1, 0.15) is 0 Å². The van der Waals surface area contributed by atoms with Crippen LogP contribution in [-0.4, -0.2) is 11.1 Å². The van der Waals surface area contributed by atoms with Gasteiger partial charge in [-0.3, -0.25) is 4.79 Å². The van der Waals surface area contributed by atoms with E-state index in [1.807, 2.05) is 0 Å². The average Bonchev–Trinajstić information content (AvgIpc) is 2.16. The average molecular weight is 360 g/mol. The van der Waals surface area contributed by atoms with Crippen molar-refractivity contribution < 1.29 is 18.0 Å². The van der Waals surface area contributed by atoms with Gasteiger partial charge in [-0.25, -0.2) is 0 Å². The van der Waals surface area contributed by atoms with Gasteiger partial charge in [0, 0.05) is 21.8 Å². The Kier molecular flexibility index (Phi) is 4.55. The van der Waals surface area contributed by atoms with Crippen molar-refractivity contribution in [3.05, 3.63) is 33.8 Å². The lowest BCUT2D eigenvalue weighted by atomic mass is 10.1. The summed E-state index contributed by atoms with van der Waals surface area (Å²) in [7, 11) is 0. The molecular weight excluding hydrogens is 353 g/mol.